The van der Waals surface area contributed by atoms with Crippen LogP contribution in [0.2, 0.25) is 0 Å². The highest BCUT2D eigenvalue weighted by molar-refractivity contribution is 5.70. The van der Waals surface area contributed by atoms with Crippen LogP contribution in [0.15, 0.2) is 35.9 Å². The van der Waals surface area contributed by atoms with E-state index in [4.69, 9.17) is 9.47 Å². The van der Waals surface area contributed by atoms with Crippen LogP contribution < -0.4 is 9.80 Å². The lowest BCUT2D eigenvalue weighted by atomic mass is 9.99. The predicted octanol–water partition coefficient (Wildman–Crippen LogP) is 5.65. The summed E-state index contributed by atoms with van der Waals surface area (Å²) in [6.07, 6.45) is 2.21. The van der Waals surface area contributed by atoms with Crippen molar-refractivity contribution >= 4 is 11.4 Å². The van der Waals surface area contributed by atoms with Gasteiger partial charge in [0.2, 0.25) is 0 Å². The molecule has 6 nitrogen and oxygen atoms in total. The van der Waals surface area contributed by atoms with Gasteiger partial charge in [-0.2, -0.15) is 0 Å². The number of hydrogen-bond donors (Lipinski definition) is 0. The molecule has 210 valence electrons. The van der Waals surface area contributed by atoms with Crippen LogP contribution in [0, 0.1) is 27.7 Å². The van der Waals surface area contributed by atoms with E-state index in [2.05, 4.69) is 99.3 Å². The fourth-order valence-corrected chi connectivity index (χ4v) is 7.53. The largest absolute Gasteiger partial charge is 0.350 e. The van der Waals surface area contributed by atoms with Gasteiger partial charge in [-0.25, -0.2) is 0 Å². The highest BCUT2D eigenvalue weighted by Crippen LogP contribution is 2.43. The van der Waals surface area contributed by atoms with E-state index in [1.54, 1.807) is 0 Å². The minimum atomic E-state index is -0.551. The smallest absolute Gasteiger partial charge is 0.163 e. The molecular weight excluding hydrogens is 484 g/mol. The van der Waals surface area contributed by atoms with Gasteiger partial charge < -0.3 is 29.1 Å². The molecule has 0 bridgehead atoms. The van der Waals surface area contributed by atoms with Crippen LogP contribution in [0.3, 0.4) is 0 Å². The highest BCUT2D eigenvalue weighted by Gasteiger charge is 2.49. The van der Waals surface area contributed by atoms with Gasteiger partial charge in [-0.05, 0) is 87.8 Å². The molecule has 2 aromatic carbocycles. The van der Waals surface area contributed by atoms with E-state index in [0.29, 0.717) is 0 Å². The van der Waals surface area contributed by atoms with Crippen LogP contribution in [0.1, 0.15) is 61.1 Å². The average molecular weight is 531 g/mol. The van der Waals surface area contributed by atoms with Gasteiger partial charge in [0.1, 0.15) is 12.2 Å². The summed E-state index contributed by atoms with van der Waals surface area (Å²) in [7, 11) is 0. The highest BCUT2D eigenvalue weighted by atomic mass is 16.8. The van der Waals surface area contributed by atoms with Crippen LogP contribution in [-0.2, 0) is 22.3 Å². The zero-order valence-corrected chi connectivity index (χ0v) is 25.2. The molecule has 0 amide bonds. The molecule has 3 saturated heterocycles. The number of aryl methyl sites for hydroxylation is 4. The molecule has 0 aliphatic carbocycles. The summed E-state index contributed by atoms with van der Waals surface area (Å²) in [5.74, 6) is 2.11. The van der Waals surface area contributed by atoms with E-state index in [1.165, 1.54) is 56.4 Å². The Morgan fingerprint density at radius 3 is 1.46 bits per heavy atom. The van der Waals surface area contributed by atoms with Gasteiger partial charge in [-0.3, -0.25) is 0 Å². The molecule has 4 aliphatic heterocycles. The van der Waals surface area contributed by atoms with Crippen molar-refractivity contribution in [3.05, 3.63) is 69.3 Å². The van der Waals surface area contributed by atoms with Crippen LogP contribution in [0.4, 0.5) is 11.4 Å². The van der Waals surface area contributed by atoms with Crippen molar-refractivity contribution in [1.29, 1.82) is 0 Å². The molecule has 4 heterocycles. The summed E-state index contributed by atoms with van der Waals surface area (Å²) >= 11 is 0. The van der Waals surface area contributed by atoms with Crippen LogP contribution in [-0.4, -0.2) is 67.1 Å². The fourth-order valence-electron chi connectivity index (χ4n) is 7.53. The zero-order valence-electron chi connectivity index (χ0n) is 25.2. The number of hydrogen-bond acceptors (Lipinski definition) is 6. The molecule has 0 radical (unpaired) electrons. The Hall–Kier alpha value is -2.70. The van der Waals surface area contributed by atoms with Crippen LogP contribution >= 0.6 is 0 Å². The third-order valence-electron chi connectivity index (χ3n) is 9.37. The second-order valence-electron chi connectivity index (χ2n) is 12.3. The second kappa shape index (κ2) is 9.74. The van der Waals surface area contributed by atoms with Gasteiger partial charge in [0.05, 0.1) is 0 Å². The third-order valence-corrected chi connectivity index (χ3v) is 9.37. The van der Waals surface area contributed by atoms with Gasteiger partial charge in [0.15, 0.2) is 17.4 Å². The minimum Gasteiger partial charge on any atom is -0.350 e. The molecule has 0 spiro atoms. The Bertz CT molecular complexity index is 1220. The Balaban J connectivity index is 1.56. The Kier molecular flexibility index (Phi) is 6.62. The first-order valence-electron chi connectivity index (χ1n) is 15.0. The van der Waals surface area contributed by atoms with Crippen molar-refractivity contribution < 1.29 is 9.47 Å². The average Bonchev–Trinajstić information content (AvgIpc) is 3.54. The van der Waals surface area contributed by atoms with Gasteiger partial charge in [0.25, 0.3) is 0 Å². The summed E-state index contributed by atoms with van der Waals surface area (Å²) in [6.45, 7) is 23.4. The Morgan fingerprint density at radius 2 is 1.08 bits per heavy atom. The molecular formula is C33H46N4O2. The maximum Gasteiger partial charge on any atom is 0.163 e. The summed E-state index contributed by atoms with van der Waals surface area (Å²) in [6, 6.07) is 9.25. The Labute approximate surface area is 235 Å². The first kappa shape index (κ1) is 26.5. The van der Waals surface area contributed by atoms with E-state index < -0.39 is 5.79 Å². The monoisotopic (exact) mass is 530 g/mol. The second-order valence-corrected chi connectivity index (χ2v) is 12.3. The maximum absolute atomic E-state index is 6.50. The van der Waals surface area contributed by atoms with Crippen molar-refractivity contribution in [3.8, 4) is 0 Å². The van der Waals surface area contributed by atoms with Gasteiger partial charge in [-0.15, -0.1) is 0 Å². The fraction of sp³-hybridized carbons (Fsp3) is 0.576. The molecule has 0 aromatic heterocycles. The topological polar surface area (TPSA) is 31.4 Å². The summed E-state index contributed by atoms with van der Waals surface area (Å²) in [4.78, 5) is 10.4. The molecule has 0 unspecified atom stereocenters. The summed E-state index contributed by atoms with van der Waals surface area (Å²) in [5, 5.41) is 0. The maximum atomic E-state index is 6.50. The van der Waals surface area contributed by atoms with E-state index in [1.807, 2.05) is 0 Å². The lowest BCUT2D eigenvalue weighted by Crippen LogP contribution is -2.47. The van der Waals surface area contributed by atoms with E-state index in [0.717, 1.165) is 52.1 Å². The first-order chi connectivity index (χ1) is 18.6. The van der Waals surface area contributed by atoms with Crippen molar-refractivity contribution in [2.75, 3.05) is 49.1 Å². The Morgan fingerprint density at radius 1 is 0.667 bits per heavy atom. The van der Waals surface area contributed by atoms with E-state index in [-0.39, 0.29) is 12.2 Å². The quantitative estimate of drug-likeness (QED) is 0.508. The summed E-state index contributed by atoms with van der Waals surface area (Å²) < 4.78 is 13.0. The predicted molar refractivity (Wildman–Crippen MR) is 159 cm³/mol. The number of rotatable bonds is 4. The summed E-state index contributed by atoms with van der Waals surface area (Å²) in [5.41, 5.74) is 11.1. The van der Waals surface area contributed by atoms with Crippen molar-refractivity contribution in [2.24, 2.45) is 0 Å². The lowest BCUT2D eigenvalue weighted by Gasteiger charge is -2.39. The standard InChI is InChI=1S/C33H46N4O2/c1-9-25-13-11-21(3)29(23(25)5)36-17-15-34-19-27-28(39-33(7,8)38-27)20-35-16-18-37(32(35)31(34)36)30-22(4)12-14-26(10-2)24(30)6/h11-14,27-28H,9-10,15-20H2,1-8H3/b32-31-/t27-,28-/m0/s1. The number of nitrogens with zero attached hydrogens (tertiary/aromatic N) is 4. The lowest BCUT2D eigenvalue weighted by molar-refractivity contribution is -0.147. The SMILES string of the molecule is CCc1ccc(C)c(N2CCN3C[C@@H]4OC(C)(C)O[C@H]4CN4CCN(c5c(C)ccc(CC)c5C)/C4=C/32)c1C. The van der Waals surface area contributed by atoms with Crippen molar-refractivity contribution in [2.45, 2.75) is 86.2 Å². The van der Waals surface area contributed by atoms with Gasteiger partial charge in [-0.1, -0.05) is 38.1 Å². The molecule has 39 heavy (non-hydrogen) atoms. The molecule has 0 saturated carbocycles. The molecule has 4 aliphatic rings. The molecule has 6 heteroatoms. The molecule has 0 N–H and O–H groups in total. The molecule has 2 aromatic rings. The van der Waals surface area contributed by atoms with Crippen LogP contribution in [0.25, 0.3) is 0 Å². The molecule has 2 atom stereocenters. The zero-order chi connectivity index (χ0) is 27.6. The van der Waals surface area contributed by atoms with E-state index in [9.17, 15) is 0 Å². The number of fused-ring (bicyclic) bond motifs is 3. The molecule has 3 fully saturated rings. The number of benzene rings is 2. The third kappa shape index (κ3) is 4.31. The van der Waals surface area contributed by atoms with Gasteiger partial charge >= 0.3 is 0 Å². The number of ether oxygens (including phenoxy) is 2. The molecule has 6 rings (SSSR count). The van der Waals surface area contributed by atoms with Gasteiger partial charge in [0, 0.05) is 50.6 Å². The normalized spacial score (nSPS) is 26.1. The van der Waals surface area contributed by atoms with Crippen LogP contribution in [0.5, 0.6) is 0 Å². The first-order valence-corrected chi connectivity index (χ1v) is 15.0. The van der Waals surface area contributed by atoms with Crippen molar-refractivity contribution in [3.63, 3.8) is 0 Å². The minimum absolute atomic E-state index is 0.0570. The van der Waals surface area contributed by atoms with Crippen molar-refractivity contribution in [1.82, 2.24) is 9.80 Å². The van der Waals surface area contributed by atoms with E-state index >= 15 is 0 Å². The number of anilines is 2.